The minimum Gasteiger partial charge on any atom is -0.423 e. The molecule has 0 spiro atoms. The number of nitrogens with one attached hydrogen (secondary N) is 1. The third kappa shape index (κ3) is 3.28. The number of carbonyl (C=O) groups excluding carboxylic acids is 1. The molecule has 1 aromatic carbocycles. The predicted molar refractivity (Wildman–Crippen MR) is 91.2 cm³/mol. The van der Waals surface area contributed by atoms with Crippen LogP contribution >= 0.6 is 0 Å². The fraction of sp³-hybridized carbons (Fsp3) is 0.375. The maximum Gasteiger partial charge on any atom is 0.336 e. The molecule has 128 valence electrons. The molecule has 0 bridgehead atoms. The van der Waals surface area contributed by atoms with Gasteiger partial charge in [0.2, 0.25) is 0 Å². The number of amides is 2. The quantitative estimate of drug-likeness (QED) is 0.789. The fourth-order valence-electron chi connectivity index (χ4n) is 2.71. The van der Waals surface area contributed by atoms with Gasteiger partial charge in [-0.05, 0) is 37.1 Å². The summed E-state index contributed by atoms with van der Waals surface area (Å²) in [5.74, 6) is -0.0250. The van der Waals surface area contributed by atoms with Crippen molar-refractivity contribution in [3.8, 4) is 0 Å². The first-order valence-electron chi connectivity index (χ1n) is 7.57. The molecular formula is C16H18N2O5S. The second-order valence-electron chi connectivity index (χ2n) is 5.98. The second-order valence-corrected chi connectivity index (χ2v) is 8.28. The van der Waals surface area contributed by atoms with Crippen LogP contribution in [-0.4, -0.2) is 43.9 Å². The SMILES string of the molecule is Cc1cc2oc(=O)cc(C)c2cc1NC(=O)N1CCS(=O)(=O)CC1. The first kappa shape index (κ1) is 16.5. The molecule has 7 nitrogen and oxygen atoms in total. The number of fused-ring (bicyclic) bond motifs is 1. The number of nitrogens with zero attached hydrogens (tertiary/aromatic N) is 1. The summed E-state index contributed by atoms with van der Waals surface area (Å²) in [5.41, 5.74) is 2.19. The first-order chi connectivity index (χ1) is 11.2. The summed E-state index contributed by atoms with van der Waals surface area (Å²) in [5, 5.41) is 3.56. The van der Waals surface area contributed by atoms with Crippen LogP contribution in [0.4, 0.5) is 10.5 Å². The van der Waals surface area contributed by atoms with Crippen molar-refractivity contribution < 1.29 is 17.6 Å². The Kier molecular flexibility index (Phi) is 4.08. The zero-order valence-electron chi connectivity index (χ0n) is 13.5. The molecule has 2 heterocycles. The molecule has 1 saturated heterocycles. The molecule has 1 N–H and O–H groups in total. The second kappa shape index (κ2) is 5.94. The number of rotatable bonds is 1. The number of hydrogen-bond donors (Lipinski definition) is 1. The number of anilines is 1. The van der Waals surface area contributed by atoms with E-state index >= 15 is 0 Å². The molecule has 1 aromatic heterocycles. The number of hydrogen-bond acceptors (Lipinski definition) is 5. The normalized spacial score (nSPS) is 17.0. The summed E-state index contributed by atoms with van der Waals surface area (Å²) in [7, 11) is -3.03. The summed E-state index contributed by atoms with van der Waals surface area (Å²) in [4.78, 5) is 25.3. The maximum absolute atomic E-state index is 12.4. The lowest BCUT2D eigenvalue weighted by atomic mass is 10.1. The molecule has 0 unspecified atom stereocenters. The van der Waals surface area contributed by atoms with E-state index in [9.17, 15) is 18.0 Å². The van der Waals surface area contributed by atoms with Gasteiger partial charge in [-0.25, -0.2) is 18.0 Å². The summed E-state index contributed by atoms with van der Waals surface area (Å²) in [6.07, 6.45) is 0. The molecule has 24 heavy (non-hydrogen) atoms. The van der Waals surface area contributed by atoms with Crippen molar-refractivity contribution in [1.82, 2.24) is 4.90 Å². The molecule has 3 rings (SSSR count). The van der Waals surface area contributed by atoms with Crippen LogP contribution in [0, 0.1) is 13.8 Å². The lowest BCUT2D eigenvalue weighted by Gasteiger charge is -2.27. The Balaban J connectivity index is 1.86. The van der Waals surface area contributed by atoms with Gasteiger partial charge in [-0.15, -0.1) is 0 Å². The van der Waals surface area contributed by atoms with E-state index in [4.69, 9.17) is 4.42 Å². The standard InChI is InChI=1S/C16H18N2O5S/c1-10-8-15(19)23-14-7-11(2)13(9-12(10)14)17-16(20)18-3-5-24(21,22)6-4-18/h7-9H,3-6H2,1-2H3,(H,17,20). The van der Waals surface area contributed by atoms with Crippen LogP contribution in [0.25, 0.3) is 11.0 Å². The Labute approximate surface area is 139 Å². The first-order valence-corrected chi connectivity index (χ1v) is 9.39. The molecule has 2 aromatic rings. The van der Waals surface area contributed by atoms with Gasteiger partial charge in [0, 0.05) is 30.2 Å². The van der Waals surface area contributed by atoms with E-state index in [0.29, 0.717) is 11.3 Å². The highest BCUT2D eigenvalue weighted by Gasteiger charge is 2.25. The minimum absolute atomic E-state index is 0.0125. The molecule has 1 fully saturated rings. The number of sulfone groups is 1. The molecule has 1 aliphatic heterocycles. The van der Waals surface area contributed by atoms with Crippen LogP contribution < -0.4 is 10.9 Å². The van der Waals surface area contributed by atoms with Gasteiger partial charge in [0.15, 0.2) is 9.84 Å². The highest BCUT2D eigenvalue weighted by Crippen LogP contribution is 2.25. The Bertz CT molecular complexity index is 964. The van der Waals surface area contributed by atoms with Crippen molar-refractivity contribution in [3.05, 3.63) is 39.7 Å². The Hall–Kier alpha value is -2.35. The Morgan fingerprint density at radius 1 is 1.12 bits per heavy atom. The summed E-state index contributed by atoms with van der Waals surface area (Å²) in [6, 6.07) is 4.54. The zero-order chi connectivity index (χ0) is 17.5. The molecule has 0 radical (unpaired) electrons. The van der Waals surface area contributed by atoms with Gasteiger partial charge in [0.05, 0.1) is 11.5 Å². The Morgan fingerprint density at radius 3 is 2.46 bits per heavy atom. The van der Waals surface area contributed by atoms with Gasteiger partial charge in [-0.3, -0.25) is 0 Å². The average Bonchev–Trinajstić information content (AvgIpc) is 2.48. The topological polar surface area (TPSA) is 96.7 Å². The molecular weight excluding hydrogens is 332 g/mol. The van der Waals surface area contributed by atoms with Crippen molar-refractivity contribution in [1.29, 1.82) is 0 Å². The molecule has 0 aliphatic carbocycles. The highest BCUT2D eigenvalue weighted by molar-refractivity contribution is 7.91. The summed E-state index contributed by atoms with van der Waals surface area (Å²) in [6.45, 7) is 3.98. The number of aryl methyl sites for hydroxylation is 2. The van der Waals surface area contributed by atoms with Gasteiger partial charge < -0.3 is 14.6 Å². The van der Waals surface area contributed by atoms with Crippen LogP contribution in [0.1, 0.15) is 11.1 Å². The summed E-state index contributed by atoms with van der Waals surface area (Å²) < 4.78 is 28.1. The van der Waals surface area contributed by atoms with E-state index < -0.39 is 15.5 Å². The minimum atomic E-state index is -3.03. The molecule has 2 amide bonds. The smallest absolute Gasteiger partial charge is 0.336 e. The third-order valence-corrected chi connectivity index (χ3v) is 5.78. The fourth-order valence-corrected chi connectivity index (χ4v) is 3.91. The maximum atomic E-state index is 12.4. The zero-order valence-corrected chi connectivity index (χ0v) is 14.3. The van der Waals surface area contributed by atoms with Crippen LogP contribution in [0.15, 0.2) is 27.4 Å². The number of urea groups is 1. The van der Waals surface area contributed by atoms with E-state index in [1.807, 2.05) is 0 Å². The van der Waals surface area contributed by atoms with E-state index in [2.05, 4.69) is 5.32 Å². The van der Waals surface area contributed by atoms with Gasteiger partial charge in [0.25, 0.3) is 0 Å². The van der Waals surface area contributed by atoms with E-state index in [-0.39, 0.29) is 30.6 Å². The molecule has 0 saturated carbocycles. The predicted octanol–water partition coefficient (Wildman–Crippen LogP) is 1.67. The largest absolute Gasteiger partial charge is 0.423 e. The van der Waals surface area contributed by atoms with Crippen molar-refractivity contribution >= 4 is 32.5 Å². The average molecular weight is 350 g/mol. The number of benzene rings is 1. The van der Waals surface area contributed by atoms with Crippen LogP contribution in [0.5, 0.6) is 0 Å². The van der Waals surface area contributed by atoms with Crippen molar-refractivity contribution in [3.63, 3.8) is 0 Å². The number of carbonyl (C=O) groups is 1. The highest BCUT2D eigenvalue weighted by atomic mass is 32.2. The van der Waals surface area contributed by atoms with Gasteiger partial charge in [-0.1, -0.05) is 0 Å². The molecule has 1 aliphatic rings. The van der Waals surface area contributed by atoms with Gasteiger partial charge >= 0.3 is 11.7 Å². The van der Waals surface area contributed by atoms with Crippen molar-refractivity contribution in [2.45, 2.75) is 13.8 Å². The van der Waals surface area contributed by atoms with Crippen LogP contribution in [0.3, 0.4) is 0 Å². The van der Waals surface area contributed by atoms with Crippen LogP contribution in [-0.2, 0) is 9.84 Å². The van der Waals surface area contributed by atoms with Crippen molar-refractivity contribution in [2.75, 3.05) is 29.9 Å². The van der Waals surface area contributed by atoms with E-state index in [1.165, 1.54) is 11.0 Å². The Morgan fingerprint density at radius 2 is 1.79 bits per heavy atom. The summed E-state index contributed by atoms with van der Waals surface area (Å²) >= 11 is 0. The molecule has 8 heteroatoms. The third-order valence-electron chi connectivity index (χ3n) is 4.17. The van der Waals surface area contributed by atoms with E-state index in [0.717, 1.165) is 16.5 Å². The monoisotopic (exact) mass is 350 g/mol. The van der Waals surface area contributed by atoms with Gasteiger partial charge in [-0.2, -0.15) is 0 Å². The van der Waals surface area contributed by atoms with Gasteiger partial charge in [0.1, 0.15) is 5.58 Å². The van der Waals surface area contributed by atoms with Crippen molar-refractivity contribution in [2.24, 2.45) is 0 Å². The van der Waals surface area contributed by atoms with E-state index in [1.54, 1.807) is 26.0 Å². The lowest BCUT2D eigenvalue weighted by Crippen LogP contribution is -2.45. The molecule has 0 atom stereocenters. The lowest BCUT2D eigenvalue weighted by molar-refractivity contribution is 0.216. The van der Waals surface area contributed by atoms with Crippen LogP contribution in [0.2, 0.25) is 0 Å².